The van der Waals surface area contributed by atoms with Gasteiger partial charge in [-0.2, -0.15) is 9.97 Å². The van der Waals surface area contributed by atoms with Gasteiger partial charge in [-0.15, -0.1) is 0 Å². The van der Waals surface area contributed by atoms with Gasteiger partial charge in [0.25, 0.3) is 0 Å². The molecule has 1 aliphatic rings. The van der Waals surface area contributed by atoms with Crippen LogP contribution < -0.4 is 16.4 Å². The summed E-state index contributed by atoms with van der Waals surface area (Å²) in [6, 6.07) is 20.0. The summed E-state index contributed by atoms with van der Waals surface area (Å²) in [6.45, 7) is 4.94. The van der Waals surface area contributed by atoms with Crippen molar-refractivity contribution < 1.29 is 0 Å². The van der Waals surface area contributed by atoms with Gasteiger partial charge in [-0.05, 0) is 56.2 Å². The number of hydrogen-bond donors (Lipinski definition) is 3. The molecule has 7 nitrogen and oxygen atoms in total. The first kappa shape index (κ1) is 22.3. The molecular weight excluding hydrogens is 422 g/mol. The van der Waals surface area contributed by atoms with E-state index >= 15 is 0 Å². The van der Waals surface area contributed by atoms with Crippen LogP contribution in [0.15, 0.2) is 60.9 Å². The van der Waals surface area contributed by atoms with Crippen LogP contribution in [0.5, 0.6) is 0 Å². The SMILES string of the molecule is CC(C)n1cnc2c(NCc3ccc(-c4ccccc4)cc3)nc(NC3CCC(N)CC3)nc21. The van der Waals surface area contributed by atoms with Gasteiger partial charge in [-0.1, -0.05) is 54.6 Å². The predicted molar refractivity (Wildman–Crippen MR) is 139 cm³/mol. The molecule has 1 fully saturated rings. The number of nitrogens with two attached hydrogens (primary N) is 1. The lowest BCUT2D eigenvalue weighted by atomic mass is 9.92. The third-order valence-electron chi connectivity index (χ3n) is 6.60. The van der Waals surface area contributed by atoms with E-state index in [9.17, 15) is 0 Å². The highest BCUT2D eigenvalue weighted by Crippen LogP contribution is 2.26. The molecule has 2 aromatic heterocycles. The minimum absolute atomic E-state index is 0.263. The average Bonchev–Trinajstić information content (AvgIpc) is 3.29. The molecule has 0 aliphatic heterocycles. The summed E-state index contributed by atoms with van der Waals surface area (Å²) in [6.07, 6.45) is 6.01. The highest BCUT2D eigenvalue weighted by Gasteiger charge is 2.21. The van der Waals surface area contributed by atoms with Crippen LogP contribution in [0.25, 0.3) is 22.3 Å². The second-order valence-corrected chi connectivity index (χ2v) is 9.49. The molecule has 4 N–H and O–H groups in total. The average molecular weight is 456 g/mol. The zero-order valence-corrected chi connectivity index (χ0v) is 19.9. The van der Waals surface area contributed by atoms with Crippen molar-refractivity contribution in [3.05, 3.63) is 66.5 Å². The summed E-state index contributed by atoms with van der Waals surface area (Å²) in [5, 5.41) is 7.07. The van der Waals surface area contributed by atoms with Crippen molar-refractivity contribution in [2.45, 2.75) is 64.2 Å². The molecule has 4 aromatic rings. The number of nitrogens with one attached hydrogen (secondary N) is 2. The van der Waals surface area contributed by atoms with Gasteiger partial charge in [-0.25, -0.2) is 4.98 Å². The second kappa shape index (κ2) is 9.81. The van der Waals surface area contributed by atoms with E-state index in [4.69, 9.17) is 15.7 Å². The lowest BCUT2D eigenvalue weighted by Crippen LogP contribution is -2.33. The summed E-state index contributed by atoms with van der Waals surface area (Å²) in [4.78, 5) is 14.3. The Morgan fingerprint density at radius 2 is 1.65 bits per heavy atom. The molecule has 0 saturated heterocycles. The fourth-order valence-corrected chi connectivity index (χ4v) is 4.56. The van der Waals surface area contributed by atoms with Crippen molar-refractivity contribution in [2.75, 3.05) is 10.6 Å². The Kier molecular flexibility index (Phi) is 6.45. The number of fused-ring (bicyclic) bond motifs is 1. The number of rotatable bonds is 7. The summed E-state index contributed by atoms with van der Waals surface area (Å²) < 4.78 is 2.10. The van der Waals surface area contributed by atoms with Crippen LogP contribution in [0.4, 0.5) is 11.8 Å². The monoisotopic (exact) mass is 455 g/mol. The Hall–Kier alpha value is -3.45. The first-order valence-electron chi connectivity index (χ1n) is 12.2. The van der Waals surface area contributed by atoms with E-state index in [1.54, 1.807) is 0 Å². The summed E-state index contributed by atoms with van der Waals surface area (Å²) in [5.74, 6) is 1.41. The van der Waals surface area contributed by atoms with Crippen molar-refractivity contribution in [2.24, 2.45) is 5.73 Å². The van der Waals surface area contributed by atoms with Crippen molar-refractivity contribution >= 4 is 22.9 Å². The van der Waals surface area contributed by atoms with Crippen molar-refractivity contribution in [1.82, 2.24) is 19.5 Å². The minimum atomic E-state index is 0.263. The number of hydrogen-bond acceptors (Lipinski definition) is 6. The van der Waals surface area contributed by atoms with Crippen LogP contribution in [0.2, 0.25) is 0 Å². The molecule has 0 radical (unpaired) electrons. The summed E-state index contributed by atoms with van der Waals surface area (Å²) in [7, 11) is 0. The Morgan fingerprint density at radius 1 is 0.941 bits per heavy atom. The number of aromatic nitrogens is 4. The molecule has 1 saturated carbocycles. The van der Waals surface area contributed by atoms with Crippen molar-refractivity contribution in [3.8, 4) is 11.1 Å². The van der Waals surface area contributed by atoms with Crippen LogP contribution in [0.1, 0.15) is 51.1 Å². The summed E-state index contributed by atoms with van der Waals surface area (Å²) >= 11 is 0. The maximum atomic E-state index is 6.08. The standard InChI is InChI=1S/C27H33N7/c1-18(2)34-17-30-24-25(32-27(33-26(24)34)31-23-14-12-22(28)13-15-23)29-16-19-8-10-21(11-9-19)20-6-4-3-5-7-20/h3-11,17-18,22-23H,12-16,28H2,1-2H3,(H2,29,31,32,33). The van der Waals surface area contributed by atoms with E-state index in [0.717, 1.165) is 42.7 Å². The lowest BCUT2D eigenvalue weighted by molar-refractivity contribution is 0.410. The van der Waals surface area contributed by atoms with Gasteiger partial charge in [-0.3, -0.25) is 0 Å². The molecule has 2 heterocycles. The molecule has 176 valence electrons. The van der Waals surface area contributed by atoms with Gasteiger partial charge in [0, 0.05) is 24.7 Å². The lowest BCUT2D eigenvalue weighted by Gasteiger charge is -2.27. The zero-order valence-electron chi connectivity index (χ0n) is 19.9. The Balaban J connectivity index is 1.37. The minimum Gasteiger partial charge on any atom is -0.364 e. The van der Waals surface area contributed by atoms with Crippen molar-refractivity contribution in [3.63, 3.8) is 0 Å². The van der Waals surface area contributed by atoms with Crippen LogP contribution in [-0.4, -0.2) is 31.6 Å². The maximum absolute atomic E-state index is 6.08. The molecular formula is C27H33N7. The molecule has 5 rings (SSSR count). The molecule has 0 spiro atoms. The number of anilines is 2. The van der Waals surface area contributed by atoms with Gasteiger partial charge in [0.05, 0.1) is 6.33 Å². The molecule has 0 bridgehead atoms. The highest BCUT2D eigenvalue weighted by atomic mass is 15.2. The molecule has 2 aromatic carbocycles. The molecule has 0 unspecified atom stereocenters. The Morgan fingerprint density at radius 3 is 2.35 bits per heavy atom. The van der Waals surface area contributed by atoms with Crippen LogP contribution >= 0.6 is 0 Å². The smallest absolute Gasteiger partial charge is 0.227 e. The van der Waals surface area contributed by atoms with Gasteiger partial charge in [0.2, 0.25) is 5.95 Å². The predicted octanol–water partition coefficient (Wildman–Crippen LogP) is 5.37. The summed E-state index contributed by atoms with van der Waals surface area (Å²) in [5.41, 5.74) is 11.3. The largest absolute Gasteiger partial charge is 0.364 e. The van der Waals surface area contributed by atoms with E-state index in [0.29, 0.717) is 24.6 Å². The number of imidazole rings is 1. The second-order valence-electron chi connectivity index (χ2n) is 9.49. The Bertz CT molecular complexity index is 1220. The van der Waals surface area contributed by atoms with Gasteiger partial charge >= 0.3 is 0 Å². The van der Waals surface area contributed by atoms with E-state index < -0.39 is 0 Å². The van der Waals surface area contributed by atoms with E-state index in [2.05, 4.69) is 82.6 Å². The molecule has 1 aliphatic carbocycles. The first-order chi connectivity index (χ1) is 16.6. The topological polar surface area (TPSA) is 93.7 Å². The molecule has 0 atom stereocenters. The molecule has 7 heteroatoms. The fourth-order valence-electron chi connectivity index (χ4n) is 4.56. The quantitative estimate of drug-likeness (QED) is 0.347. The van der Waals surface area contributed by atoms with E-state index in [1.165, 1.54) is 16.7 Å². The van der Waals surface area contributed by atoms with Gasteiger partial charge in [0.15, 0.2) is 17.0 Å². The maximum Gasteiger partial charge on any atom is 0.227 e. The molecule has 0 amide bonds. The fraction of sp³-hybridized carbons (Fsp3) is 0.370. The molecule has 34 heavy (non-hydrogen) atoms. The van der Waals surface area contributed by atoms with Gasteiger partial charge < -0.3 is 20.9 Å². The normalized spacial score (nSPS) is 18.4. The van der Waals surface area contributed by atoms with Crippen LogP contribution in [0, 0.1) is 0 Å². The van der Waals surface area contributed by atoms with Crippen LogP contribution in [-0.2, 0) is 6.54 Å². The highest BCUT2D eigenvalue weighted by molar-refractivity contribution is 5.84. The third kappa shape index (κ3) is 4.89. The van der Waals surface area contributed by atoms with E-state index in [-0.39, 0.29) is 6.04 Å². The third-order valence-corrected chi connectivity index (χ3v) is 6.60. The van der Waals surface area contributed by atoms with Gasteiger partial charge in [0.1, 0.15) is 0 Å². The van der Waals surface area contributed by atoms with E-state index in [1.807, 2.05) is 12.4 Å². The first-order valence-corrected chi connectivity index (χ1v) is 12.2. The van der Waals surface area contributed by atoms with Crippen molar-refractivity contribution in [1.29, 1.82) is 0 Å². The zero-order chi connectivity index (χ0) is 23.5. The number of benzene rings is 2. The Labute approximate surface area is 200 Å². The number of nitrogens with zero attached hydrogens (tertiary/aromatic N) is 4. The van der Waals surface area contributed by atoms with Crippen LogP contribution in [0.3, 0.4) is 0 Å².